The van der Waals surface area contributed by atoms with E-state index < -0.39 is 5.82 Å². The van der Waals surface area contributed by atoms with E-state index in [-0.39, 0.29) is 5.82 Å². The molecule has 3 N–H and O–H groups in total. The molecule has 6 rings (SSSR count). The Hall–Kier alpha value is -3.78. The van der Waals surface area contributed by atoms with Gasteiger partial charge in [-0.25, -0.2) is 14.4 Å². The number of H-pyrrole nitrogens is 1. The van der Waals surface area contributed by atoms with Crippen molar-refractivity contribution in [3.63, 3.8) is 0 Å². The average Bonchev–Trinajstić information content (AvgIpc) is 3.36. The number of hydrogen-bond acceptors (Lipinski definition) is 5. The standard InChI is InChI=1S/C22H18FN7/c23-16-11-25-22(29-21(16)30-12-26-19-3-1-2-4-20(19)30)27-13-5-6-17-14(9-13)15-10-24-8-7-18(15)28-17/h1-6,9,11-12,24,28H,7-8,10H2,(H,25,27,29). The number of imidazole rings is 1. The number of hydrogen-bond donors (Lipinski definition) is 3. The predicted molar refractivity (Wildman–Crippen MR) is 114 cm³/mol. The van der Waals surface area contributed by atoms with Gasteiger partial charge in [0.1, 0.15) is 6.33 Å². The minimum atomic E-state index is -0.509. The highest BCUT2D eigenvalue weighted by atomic mass is 19.1. The Bertz CT molecular complexity index is 1400. The largest absolute Gasteiger partial charge is 0.358 e. The summed E-state index contributed by atoms with van der Waals surface area (Å²) in [4.78, 5) is 16.4. The van der Waals surface area contributed by atoms with E-state index in [1.807, 2.05) is 36.4 Å². The van der Waals surface area contributed by atoms with E-state index in [9.17, 15) is 4.39 Å². The summed E-state index contributed by atoms with van der Waals surface area (Å²) in [5.74, 6) is -0.0264. The minimum Gasteiger partial charge on any atom is -0.358 e. The molecule has 0 atom stereocenters. The van der Waals surface area contributed by atoms with E-state index in [0.717, 1.165) is 41.7 Å². The Morgan fingerprint density at radius 3 is 3.00 bits per heavy atom. The molecule has 1 aliphatic heterocycles. The van der Waals surface area contributed by atoms with Crippen LogP contribution in [0.5, 0.6) is 0 Å². The molecule has 5 aromatic rings. The van der Waals surface area contributed by atoms with Crippen molar-refractivity contribution in [3.05, 3.63) is 72.1 Å². The number of nitrogens with one attached hydrogen (secondary N) is 3. The fourth-order valence-electron chi connectivity index (χ4n) is 4.07. The molecule has 0 saturated heterocycles. The summed E-state index contributed by atoms with van der Waals surface area (Å²) in [6.45, 7) is 1.84. The van der Waals surface area contributed by atoms with Crippen molar-refractivity contribution in [2.75, 3.05) is 11.9 Å². The molecule has 3 aromatic heterocycles. The molecule has 7 nitrogen and oxygen atoms in total. The monoisotopic (exact) mass is 399 g/mol. The Labute approximate surface area is 171 Å². The van der Waals surface area contributed by atoms with Crippen LogP contribution < -0.4 is 10.6 Å². The fourth-order valence-corrected chi connectivity index (χ4v) is 4.07. The second kappa shape index (κ2) is 6.64. The van der Waals surface area contributed by atoms with Gasteiger partial charge < -0.3 is 15.6 Å². The molecule has 0 aliphatic carbocycles. The quantitative estimate of drug-likeness (QED) is 0.430. The molecule has 0 spiro atoms. The van der Waals surface area contributed by atoms with Crippen LogP contribution in [0.2, 0.25) is 0 Å². The third-order valence-electron chi connectivity index (χ3n) is 5.51. The first-order valence-electron chi connectivity index (χ1n) is 9.82. The van der Waals surface area contributed by atoms with Crippen LogP contribution in [-0.4, -0.2) is 31.0 Å². The highest BCUT2D eigenvalue weighted by Gasteiger charge is 2.16. The number of benzene rings is 2. The zero-order chi connectivity index (χ0) is 20.1. The molecular formula is C22H18FN7. The summed E-state index contributed by atoms with van der Waals surface area (Å²) in [5.41, 5.74) is 6.11. The van der Waals surface area contributed by atoms with Crippen LogP contribution in [0.3, 0.4) is 0 Å². The zero-order valence-corrected chi connectivity index (χ0v) is 16.0. The van der Waals surface area contributed by atoms with Gasteiger partial charge >= 0.3 is 0 Å². The van der Waals surface area contributed by atoms with Crippen LogP contribution in [0.15, 0.2) is 55.0 Å². The average molecular weight is 399 g/mol. The number of fused-ring (bicyclic) bond motifs is 4. The first kappa shape index (κ1) is 17.1. The van der Waals surface area contributed by atoms with E-state index in [2.05, 4.69) is 36.6 Å². The molecule has 8 heteroatoms. The van der Waals surface area contributed by atoms with Crippen LogP contribution in [0.1, 0.15) is 11.3 Å². The van der Waals surface area contributed by atoms with Gasteiger partial charge in [-0.1, -0.05) is 12.1 Å². The highest BCUT2D eigenvalue weighted by Crippen LogP contribution is 2.28. The van der Waals surface area contributed by atoms with Crippen molar-refractivity contribution in [3.8, 4) is 5.82 Å². The van der Waals surface area contributed by atoms with Crippen molar-refractivity contribution in [1.82, 2.24) is 29.8 Å². The lowest BCUT2D eigenvalue weighted by Crippen LogP contribution is -2.22. The molecule has 2 aromatic carbocycles. The first-order valence-corrected chi connectivity index (χ1v) is 9.82. The molecule has 0 unspecified atom stereocenters. The minimum absolute atomic E-state index is 0.158. The Balaban J connectivity index is 1.38. The normalized spacial score (nSPS) is 13.6. The molecule has 4 heterocycles. The van der Waals surface area contributed by atoms with Gasteiger partial charge in [0.15, 0.2) is 11.6 Å². The lowest BCUT2D eigenvalue weighted by atomic mass is 10.1. The first-order chi connectivity index (χ1) is 14.8. The van der Waals surface area contributed by atoms with Gasteiger partial charge in [-0.2, -0.15) is 4.98 Å². The molecule has 0 amide bonds. The van der Waals surface area contributed by atoms with Gasteiger partial charge in [-0.3, -0.25) is 4.57 Å². The summed E-state index contributed by atoms with van der Waals surface area (Å²) in [7, 11) is 0. The van der Waals surface area contributed by atoms with E-state index >= 15 is 0 Å². The fraction of sp³-hybridized carbons (Fsp3) is 0.136. The summed E-state index contributed by atoms with van der Waals surface area (Å²) < 4.78 is 16.2. The van der Waals surface area contributed by atoms with Crippen LogP contribution in [-0.2, 0) is 13.0 Å². The van der Waals surface area contributed by atoms with Crippen molar-refractivity contribution in [2.45, 2.75) is 13.0 Å². The zero-order valence-electron chi connectivity index (χ0n) is 16.0. The number of aromatic nitrogens is 5. The lowest BCUT2D eigenvalue weighted by Gasteiger charge is -2.13. The lowest BCUT2D eigenvalue weighted by molar-refractivity contribution is 0.604. The predicted octanol–water partition coefficient (Wildman–Crippen LogP) is 3.83. The topological polar surface area (TPSA) is 83.5 Å². The van der Waals surface area contributed by atoms with Crippen molar-refractivity contribution < 1.29 is 4.39 Å². The van der Waals surface area contributed by atoms with Crippen LogP contribution >= 0.6 is 0 Å². The Morgan fingerprint density at radius 1 is 1.10 bits per heavy atom. The third-order valence-corrected chi connectivity index (χ3v) is 5.51. The number of rotatable bonds is 3. The molecule has 1 aliphatic rings. The summed E-state index contributed by atoms with van der Waals surface area (Å²) >= 11 is 0. The molecular weight excluding hydrogens is 381 g/mol. The maximum atomic E-state index is 14.5. The van der Waals surface area contributed by atoms with E-state index in [1.54, 1.807) is 10.9 Å². The molecule has 0 saturated carbocycles. The smallest absolute Gasteiger partial charge is 0.229 e. The third kappa shape index (κ3) is 2.73. The van der Waals surface area contributed by atoms with E-state index in [0.29, 0.717) is 5.95 Å². The molecule has 30 heavy (non-hydrogen) atoms. The van der Waals surface area contributed by atoms with Crippen LogP contribution in [0.4, 0.5) is 16.0 Å². The number of nitrogens with zero attached hydrogens (tertiary/aromatic N) is 4. The summed E-state index contributed by atoms with van der Waals surface area (Å²) in [6.07, 6.45) is 3.75. The molecule has 148 valence electrons. The van der Waals surface area contributed by atoms with Gasteiger partial charge in [0.05, 0.1) is 17.2 Å². The Kier molecular flexibility index (Phi) is 3.78. The summed E-state index contributed by atoms with van der Waals surface area (Å²) in [6, 6.07) is 13.6. The van der Waals surface area contributed by atoms with Crippen molar-refractivity contribution in [1.29, 1.82) is 0 Å². The number of halogens is 1. The van der Waals surface area contributed by atoms with Gasteiger partial charge in [0.25, 0.3) is 0 Å². The number of anilines is 2. The van der Waals surface area contributed by atoms with Crippen molar-refractivity contribution in [2.24, 2.45) is 0 Å². The number of para-hydroxylation sites is 2. The molecule has 0 fully saturated rings. The maximum absolute atomic E-state index is 14.5. The van der Waals surface area contributed by atoms with Crippen LogP contribution in [0, 0.1) is 5.82 Å². The summed E-state index contributed by atoms with van der Waals surface area (Å²) in [5, 5.41) is 7.80. The van der Waals surface area contributed by atoms with Gasteiger partial charge in [-0.05, 0) is 35.9 Å². The SMILES string of the molecule is Fc1cnc(Nc2ccc3[nH]c4c(c3c2)CNCC4)nc1-n1cnc2ccccc21. The second-order valence-corrected chi connectivity index (χ2v) is 7.36. The second-order valence-electron chi connectivity index (χ2n) is 7.36. The van der Waals surface area contributed by atoms with Crippen molar-refractivity contribution >= 4 is 33.6 Å². The maximum Gasteiger partial charge on any atom is 0.229 e. The van der Waals surface area contributed by atoms with E-state index in [1.165, 1.54) is 22.8 Å². The van der Waals surface area contributed by atoms with Gasteiger partial charge in [0, 0.05) is 41.8 Å². The van der Waals surface area contributed by atoms with Gasteiger partial charge in [-0.15, -0.1) is 0 Å². The highest BCUT2D eigenvalue weighted by molar-refractivity contribution is 5.88. The van der Waals surface area contributed by atoms with Gasteiger partial charge in [0.2, 0.25) is 5.95 Å². The molecule has 0 radical (unpaired) electrons. The van der Waals surface area contributed by atoms with E-state index in [4.69, 9.17) is 0 Å². The van der Waals surface area contributed by atoms with Crippen LogP contribution in [0.25, 0.3) is 27.8 Å². The number of aromatic amines is 1. The Morgan fingerprint density at radius 2 is 2.03 bits per heavy atom. The molecule has 0 bridgehead atoms.